The van der Waals surface area contributed by atoms with Crippen molar-refractivity contribution >= 4 is 17.9 Å². The summed E-state index contributed by atoms with van der Waals surface area (Å²) in [5.41, 5.74) is -0.263. The van der Waals surface area contributed by atoms with Crippen LogP contribution in [-0.2, 0) is 14.3 Å². The van der Waals surface area contributed by atoms with Gasteiger partial charge < -0.3 is 30.5 Å². The number of hydrogen-bond donors (Lipinski definition) is 4. The first-order valence-electron chi connectivity index (χ1n) is 12.4. The van der Waals surface area contributed by atoms with Crippen molar-refractivity contribution in [3.8, 4) is 5.75 Å². The second kappa shape index (κ2) is 14.6. The van der Waals surface area contributed by atoms with Gasteiger partial charge in [-0.25, -0.2) is 4.79 Å². The average molecular weight is 494 g/mol. The fraction of sp³-hybridized carbons (Fsp3) is 0.654. The number of carbonyl (C=O) groups excluding carboxylic acids is 3. The zero-order chi connectivity index (χ0) is 26.6. The highest BCUT2D eigenvalue weighted by Gasteiger charge is 2.36. The summed E-state index contributed by atoms with van der Waals surface area (Å²) >= 11 is 0. The highest BCUT2D eigenvalue weighted by Crippen LogP contribution is 2.25. The van der Waals surface area contributed by atoms with Gasteiger partial charge in [0.2, 0.25) is 11.8 Å². The Labute approximate surface area is 209 Å². The van der Waals surface area contributed by atoms with E-state index in [2.05, 4.69) is 10.6 Å². The normalized spacial score (nSPS) is 13.9. The molecule has 1 aromatic carbocycles. The van der Waals surface area contributed by atoms with Crippen LogP contribution >= 0.6 is 0 Å². The van der Waals surface area contributed by atoms with E-state index in [0.29, 0.717) is 12.0 Å². The number of rotatable bonds is 13. The summed E-state index contributed by atoms with van der Waals surface area (Å²) in [4.78, 5) is 40.8. The number of unbranched alkanes of at least 4 members (excludes halogenated alkanes) is 2. The second-order valence-corrected chi connectivity index (χ2v) is 9.81. The molecule has 0 spiro atoms. The molecule has 0 aliphatic heterocycles. The Morgan fingerprint density at radius 3 is 2.17 bits per heavy atom. The first-order chi connectivity index (χ1) is 16.4. The van der Waals surface area contributed by atoms with E-state index < -0.39 is 36.3 Å². The maximum Gasteiger partial charge on any atom is 0.408 e. The number of phenolic OH excluding ortho intramolecular Hbond substituents is 1. The maximum absolute atomic E-state index is 13.6. The summed E-state index contributed by atoms with van der Waals surface area (Å²) in [6, 6.07) is 3.72. The number of phenols is 1. The molecule has 0 fully saturated rings. The fourth-order valence-corrected chi connectivity index (χ4v) is 3.69. The summed E-state index contributed by atoms with van der Waals surface area (Å²) in [6.07, 6.45) is 3.21. The molecular formula is C26H43N3O6. The quantitative estimate of drug-likeness (QED) is 0.311. The third kappa shape index (κ3) is 10.5. The van der Waals surface area contributed by atoms with Crippen LogP contribution in [0.2, 0.25) is 0 Å². The number of aliphatic hydroxyl groups is 1. The molecule has 0 saturated carbocycles. The summed E-state index contributed by atoms with van der Waals surface area (Å²) < 4.78 is 5.24. The number of amides is 3. The summed E-state index contributed by atoms with van der Waals surface area (Å²) in [5, 5.41) is 25.1. The van der Waals surface area contributed by atoms with Crippen LogP contribution in [0.3, 0.4) is 0 Å². The van der Waals surface area contributed by atoms with Gasteiger partial charge >= 0.3 is 6.09 Å². The van der Waals surface area contributed by atoms with Gasteiger partial charge in [-0.05, 0) is 58.2 Å². The van der Waals surface area contributed by atoms with Crippen molar-refractivity contribution in [1.29, 1.82) is 0 Å². The van der Waals surface area contributed by atoms with Crippen LogP contribution in [0.5, 0.6) is 5.75 Å². The number of nitrogens with one attached hydrogen (secondary N) is 2. The SMILES string of the molecule is CCCCCN(C(=O)C(CO)NC(=O)OC(C)(C)C)C(C(=O)NC(C)CCC)c1ccc(O)cc1. The smallest absolute Gasteiger partial charge is 0.408 e. The predicted octanol–water partition coefficient (Wildman–Crippen LogP) is 3.64. The minimum Gasteiger partial charge on any atom is -0.508 e. The third-order valence-corrected chi connectivity index (χ3v) is 5.34. The minimum absolute atomic E-state index is 0.0379. The minimum atomic E-state index is -1.29. The van der Waals surface area contributed by atoms with Crippen molar-refractivity contribution in [2.24, 2.45) is 0 Å². The number of carbonyl (C=O) groups is 3. The first kappa shape index (κ1) is 30.2. The van der Waals surface area contributed by atoms with E-state index in [1.807, 2.05) is 20.8 Å². The number of aliphatic hydroxyl groups excluding tert-OH is 1. The number of aromatic hydroxyl groups is 1. The summed E-state index contributed by atoms with van der Waals surface area (Å²) in [5.74, 6) is -0.919. The van der Waals surface area contributed by atoms with E-state index in [9.17, 15) is 24.6 Å². The second-order valence-electron chi connectivity index (χ2n) is 9.81. The molecule has 4 N–H and O–H groups in total. The number of alkyl carbamates (subject to hydrolysis) is 1. The van der Waals surface area contributed by atoms with E-state index in [4.69, 9.17) is 4.74 Å². The Balaban J connectivity index is 3.36. The zero-order valence-electron chi connectivity index (χ0n) is 22.0. The zero-order valence-corrected chi connectivity index (χ0v) is 22.0. The molecule has 35 heavy (non-hydrogen) atoms. The number of ether oxygens (including phenoxy) is 1. The monoisotopic (exact) mass is 493 g/mol. The van der Waals surface area contributed by atoms with Crippen LogP contribution in [0.25, 0.3) is 0 Å². The van der Waals surface area contributed by atoms with Gasteiger partial charge in [0.25, 0.3) is 0 Å². The van der Waals surface area contributed by atoms with E-state index in [0.717, 1.165) is 25.7 Å². The molecule has 0 radical (unpaired) electrons. The molecule has 0 aromatic heterocycles. The molecule has 0 saturated heterocycles. The largest absolute Gasteiger partial charge is 0.508 e. The molecule has 9 nitrogen and oxygen atoms in total. The van der Waals surface area contributed by atoms with Gasteiger partial charge in [-0.15, -0.1) is 0 Å². The molecule has 3 atom stereocenters. The van der Waals surface area contributed by atoms with Crippen LogP contribution in [-0.4, -0.2) is 63.9 Å². The van der Waals surface area contributed by atoms with Crippen molar-refractivity contribution in [3.05, 3.63) is 29.8 Å². The van der Waals surface area contributed by atoms with E-state index >= 15 is 0 Å². The van der Waals surface area contributed by atoms with Crippen LogP contribution < -0.4 is 10.6 Å². The average Bonchev–Trinajstić information content (AvgIpc) is 2.76. The lowest BCUT2D eigenvalue weighted by atomic mass is 10.0. The van der Waals surface area contributed by atoms with Crippen molar-refractivity contribution in [2.75, 3.05) is 13.2 Å². The standard InChI is InChI=1S/C26H43N3O6/c1-7-9-10-16-29(24(33)21(17-30)28-25(34)35-26(4,5)6)22(19-12-14-20(31)15-13-19)23(32)27-18(3)11-8-2/h12-15,18,21-22,30-31H,7-11,16-17H2,1-6H3,(H,27,32)(H,28,34). The van der Waals surface area contributed by atoms with Gasteiger partial charge in [0.05, 0.1) is 6.61 Å². The Hall–Kier alpha value is -2.81. The van der Waals surface area contributed by atoms with Gasteiger partial charge in [-0.2, -0.15) is 0 Å². The van der Waals surface area contributed by atoms with Crippen LogP contribution in [0.4, 0.5) is 4.79 Å². The van der Waals surface area contributed by atoms with Crippen molar-refractivity contribution in [3.63, 3.8) is 0 Å². The molecule has 0 aliphatic rings. The molecule has 3 unspecified atom stereocenters. The van der Waals surface area contributed by atoms with Crippen molar-refractivity contribution in [1.82, 2.24) is 15.5 Å². The summed E-state index contributed by atoms with van der Waals surface area (Å²) in [6.45, 7) is 10.6. The van der Waals surface area contributed by atoms with Crippen LogP contribution in [0.15, 0.2) is 24.3 Å². The molecule has 0 heterocycles. The number of benzene rings is 1. The topological polar surface area (TPSA) is 128 Å². The van der Waals surface area contributed by atoms with Crippen LogP contribution in [0.1, 0.15) is 85.3 Å². The molecule has 0 aliphatic carbocycles. The predicted molar refractivity (Wildman–Crippen MR) is 135 cm³/mol. The molecule has 3 amide bonds. The lowest BCUT2D eigenvalue weighted by Crippen LogP contribution is -2.55. The number of nitrogens with zero attached hydrogens (tertiary/aromatic N) is 1. The lowest BCUT2D eigenvalue weighted by Gasteiger charge is -2.34. The molecule has 1 aromatic rings. The molecule has 9 heteroatoms. The van der Waals surface area contributed by atoms with Gasteiger partial charge in [-0.3, -0.25) is 9.59 Å². The maximum atomic E-state index is 13.6. The van der Waals surface area contributed by atoms with E-state index in [1.165, 1.54) is 17.0 Å². The van der Waals surface area contributed by atoms with Crippen LogP contribution in [0, 0.1) is 0 Å². The van der Waals surface area contributed by atoms with E-state index in [1.54, 1.807) is 32.9 Å². The van der Waals surface area contributed by atoms with Gasteiger partial charge in [-0.1, -0.05) is 45.2 Å². The first-order valence-corrected chi connectivity index (χ1v) is 12.4. The fourth-order valence-electron chi connectivity index (χ4n) is 3.69. The van der Waals surface area contributed by atoms with Crippen molar-refractivity contribution in [2.45, 2.75) is 97.4 Å². The van der Waals surface area contributed by atoms with Gasteiger partial charge in [0.1, 0.15) is 23.4 Å². The lowest BCUT2D eigenvalue weighted by molar-refractivity contribution is -0.143. The molecule has 1 rings (SSSR count). The van der Waals surface area contributed by atoms with Gasteiger partial charge in [0, 0.05) is 12.6 Å². The molecule has 198 valence electrons. The van der Waals surface area contributed by atoms with E-state index in [-0.39, 0.29) is 24.2 Å². The highest BCUT2D eigenvalue weighted by atomic mass is 16.6. The van der Waals surface area contributed by atoms with Crippen molar-refractivity contribution < 1.29 is 29.3 Å². The highest BCUT2D eigenvalue weighted by molar-refractivity contribution is 5.92. The Morgan fingerprint density at radius 1 is 1.03 bits per heavy atom. The molecule has 0 bridgehead atoms. The number of hydrogen-bond acceptors (Lipinski definition) is 6. The Morgan fingerprint density at radius 2 is 1.66 bits per heavy atom. The Bertz CT molecular complexity index is 806. The summed E-state index contributed by atoms with van der Waals surface area (Å²) in [7, 11) is 0. The third-order valence-electron chi connectivity index (χ3n) is 5.34. The van der Waals surface area contributed by atoms with Gasteiger partial charge in [0.15, 0.2) is 0 Å². The molecular weight excluding hydrogens is 450 g/mol. The Kier molecular flexibility index (Phi) is 12.6.